The van der Waals surface area contributed by atoms with Crippen LogP contribution in [0.4, 0.5) is 5.13 Å². The Morgan fingerprint density at radius 3 is 2.43 bits per heavy atom. The number of amides is 1. The van der Waals surface area contributed by atoms with Gasteiger partial charge in [-0.25, -0.2) is 9.78 Å². The first-order chi connectivity index (χ1) is 13.0. The van der Waals surface area contributed by atoms with E-state index in [0.29, 0.717) is 15.8 Å². The maximum Gasteiger partial charge on any atom is 0.357 e. The summed E-state index contributed by atoms with van der Waals surface area (Å²) in [6.07, 6.45) is 0.727. The number of aromatic nitrogens is 1. The van der Waals surface area contributed by atoms with Gasteiger partial charge in [0.15, 0.2) is 16.4 Å². The normalized spacial score (nSPS) is 17.7. The van der Waals surface area contributed by atoms with Crippen LogP contribution >= 0.6 is 34.5 Å². The van der Waals surface area contributed by atoms with Crippen molar-refractivity contribution in [2.45, 2.75) is 43.0 Å². The van der Waals surface area contributed by atoms with Crippen LogP contribution in [0.15, 0.2) is 24.3 Å². The van der Waals surface area contributed by atoms with Gasteiger partial charge in [0.05, 0.1) is 7.11 Å². The fraction of sp³-hybridized carbons (Fsp3) is 0.421. The van der Waals surface area contributed by atoms with Gasteiger partial charge in [-0.05, 0) is 44.9 Å². The predicted octanol–water partition coefficient (Wildman–Crippen LogP) is 4.70. The number of carbonyl (C=O) groups is 2. The van der Waals surface area contributed by atoms with Crippen molar-refractivity contribution in [3.8, 4) is 5.75 Å². The number of carbonyl (C=O) groups excluding carboxylic acids is 2. The molecule has 0 radical (unpaired) electrons. The average Bonchev–Trinajstić information content (AvgIpc) is 3.10. The summed E-state index contributed by atoms with van der Waals surface area (Å²) in [5.41, 5.74) is 0.0644. The number of hydrogen-bond acceptors (Lipinski definition) is 6. The van der Waals surface area contributed by atoms with Gasteiger partial charge < -0.3 is 9.47 Å². The number of esters is 1. The van der Waals surface area contributed by atoms with Crippen LogP contribution in [-0.4, -0.2) is 33.9 Å². The molecule has 150 valence electrons. The number of hydrogen-bond donors (Lipinski definition) is 1. The molecule has 1 N–H and O–H groups in total. The molecule has 6 nitrogen and oxygen atoms in total. The van der Waals surface area contributed by atoms with E-state index in [-0.39, 0.29) is 17.5 Å². The molecule has 0 aliphatic heterocycles. The molecule has 1 saturated carbocycles. The summed E-state index contributed by atoms with van der Waals surface area (Å²) in [6.45, 7) is 5.04. The van der Waals surface area contributed by atoms with Crippen molar-refractivity contribution in [2.24, 2.45) is 0 Å². The molecule has 9 heteroatoms. The van der Waals surface area contributed by atoms with Crippen molar-refractivity contribution in [3.63, 3.8) is 0 Å². The summed E-state index contributed by atoms with van der Waals surface area (Å²) in [6, 6.07) is 7.37. The molecule has 0 spiro atoms. The number of nitrogens with one attached hydrogen (secondary N) is 1. The van der Waals surface area contributed by atoms with Gasteiger partial charge in [-0.3, -0.25) is 10.1 Å². The zero-order valence-electron chi connectivity index (χ0n) is 15.8. The van der Waals surface area contributed by atoms with E-state index < -0.39 is 15.9 Å². The van der Waals surface area contributed by atoms with Crippen LogP contribution in [0.2, 0.25) is 0 Å². The molecule has 1 aliphatic rings. The molecule has 0 unspecified atom stereocenters. The number of anilines is 1. The van der Waals surface area contributed by atoms with E-state index >= 15 is 0 Å². The van der Waals surface area contributed by atoms with Crippen LogP contribution in [0, 0.1) is 6.92 Å². The summed E-state index contributed by atoms with van der Waals surface area (Å²) >= 11 is 13.4. The number of methoxy groups -OCH3 is 1. The van der Waals surface area contributed by atoms with E-state index in [1.54, 1.807) is 32.9 Å². The number of aryl methyl sites for hydroxylation is 1. The smallest absolute Gasteiger partial charge is 0.357 e. The predicted molar refractivity (Wildman–Crippen MR) is 110 cm³/mol. The molecule has 1 atom stereocenters. The Morgan fingerprint density at radius 2 is 1.89 bits per heavy atom. The summed E-state index contributed by atoms with van der Waals surface area (Å²) < 4.78 is 9.85. The third kappa shape index (κ3) is 4.42. The van der Waals surface area contributed by atoms with Gasteiger partial charge in [-0.15, -0.1) is 34.5 Å². The topological polar surface area (TPSA) is 77.5 Å². The third-order valence-electron chi connectivity index (χ3n) is 4.42. The van der Waals surface area contributed by atoms with E-state index in [0.717, 1.165) is 12.0 Å². The highest BCUT2D eigenvalue weighted by Crippen LogP contribution is 2.59. The number of thiazole rings is 1. The maximum absolute atomic E-state index is 12.6. The fourth-order valence-corrected chi connectivity index (χ4v) is 4.02. The lowest BCUT2D eigenvalue weighted by Crippen LogP contribution is -2.42. The van der Waals surface area contributed by atoms with Crippen molar-refractivity contribution >= 4 is 51.5 Å². The van der Waals surface area contributed by atoms with Crippen LogP contribution in [0.25, 0.3) is 0 Å². The Labute approximate surface area is 177 Å². The minimum atomic E-state index is -1.16. The highest BCUT2D eigenvalue weighted by molar-refractivity contribution is 7.16. The highest BCUT2D eigenvalue weighted by Gasteiger charge is 2.52. The van der Waals surface area contributed by atoms with Gasteiger partial charge in [0.2, 0.25) is 0 Å². The standard InChI is InChI=1S/C19H20Cl2N2O4S/c1-10-14(15(24)26-4)22-17(28-10)23-16(25)18(2,3)27-12-7-5-11(6-8-12)13-9-19(13,20)21/h5-8,13H,9H2,1-4H3,(H,22,23,25)/t13-/m1/s1. The number of alkyl halides is 2. The Kier molecular flexibility index (Phi) is 5.62. The molecule has 0 saturated heterocycles. The van der Waals surface area contributed by atoms with Gasteiger partial charge in [0.1, 0.15) is 10.1 Å². The van der Waals surface area contributed by atoms with Crippen LogP contribution in [0.5, 0.6) is 5.75 Å². The van der Waals surface area contributed by atoms with E-state index in [9.17, 15) is 9.59 Å². The first kappa shape index (κ1) is 20.9. The molecule has 1 aromatic carbocycles. The van der Waals surface area contributed by atoms with Crippen LogP contribution < -0.4 is 10.1 Å². The van der Waals surface area contributed by atoms with Gasteiger partial charge in [-0.2, -0.15) is 0 Å². The van der Waals surface area contributed by atoms with Crippen molar-refractivity contribution in [2.75, 3.05) is 12.4 Å². The fourth-order valence-electron chi connectivity index (χ4n) is 2.67. The summed E-state index contributed by atoms with van der Waals surface area (Å²) in [4.78, 5) is 29.1. The van der Waals surface area contributed by atoms with Gasteiger partial charge in [-0.1, -0.05) is 12.1 Å². The van der Waals surface area contributed by atoms with Crippen LogP contribution in [-0.2, 0) is 9.53 Å². The molecule has 1 aromatic heterocycles. The quantitative estimate of drug-likeness (QED) is 0.518. The number of halogens is 2. The minimum absolute atomic E-state index is 0.123. The van der Waals surface area contributed by atoms with E-state index in [1.807, 2.05) is 12.1 Å². The molecule has 1 amide bonds. The van der Waals surface area contributed by atoms with Crippen molar-refractivity contribution in [3.05, 3.63) is 40.4 Å². The first-order valence-corrected chi connectivity index (χ1v) is 10.1. The van der Waals surface area contributed by atoms with Crippen molar-refractivity contribution in [1.82, 2.24) is 4.98 Å². The second-order valence-corrected chi connectivity index (χ2v) is 9.81. The Balaban J connectivity index is 1.65. The summed E-state index contributed by atoms with van der Waals surface area (Å²) in [7, 11) is 1.28. The molecule has 1 heterocycles. The third-order valence-corrected chi connectivity index (χ3v) is 6.15. The lowest BCUT2D eigenvalue weighted by molar-refractivity contribution is -0.128. The largest absolute Gasteiger partial charge is 0.478 e. The Hall–Kier alpha value is -1.83. The number of nitrogens with zero attached hydrogens (tertiary/aromatic N) is 1. The second kappa shape index (κ2) is 7.54. The summed E-state index contributed by atoms with van der Waals surface area (Å²) in [5.74, 6) is -0.258. The van der Waals surface area contributed by atoms with E-state index in [4.69, 9.17) is 27.9 Å². The molecule has 2 aromatic rings. The number of benzene rings is 1. The van der Waals surface area contributed by atoms with E-state index in [1.165, 1.54) is 18.4 Å². The van der Waals surface area contributed by atoms with Crippen molar-refractivity contribution in [1.29, 1.82) is 0 Å². The molecular weight excluding hydrogens is 423 g/mol. The molecule has 3 rings (SSSR count). The summed E-state index contributed by atoms with van der Waals surface area (Å²) in [5, 5.41) is 3.00. The molecule has 28 heavy (non-hydrogen) atoms. The number of rotatable bonds is 6. The molecular formula is C19H20Cl2N2O4S. The van der Waals surface area contributed by atoms with Gasteiger partial charge in [0.25, 0.3) is 5.91 Å². The molecule has 1 aliphatic carbocycles. The lowest BCUT2D eigenvalue weighted by Gasteiger charge is -2.24. The van der Waals surface area contributed by atoms with Crippen molar-refractivity contribution < 1.29 is 19.1 Å². The Bertz CT molecular complexity index is 909. The second-order valence-electron chi connectivity index (χ2n) is 7.07. The molecule has 0 bridgehead atoms. The van der Waals surface area contributed by atoms with Gasteiger partial charge >= 0.3 is 5.97 Å². The zero-order valence-corrected chi connectivity index (χ0v) is 18.2. The van der Waals surface area contributed by atoms with Crippen LogP contribution in [0.3, 0.4) is 0 Å². The lowest BCUT2D eigenvalue weighted by atomic mass is 10.1. The maximum atomic E-state index is 12.6. The SMILES string of the molecule is COC(=O)c1nc(NC(=O)C(C)(C)Oc2ccc([C@H]3CC3(Cl)Cl)cc2)sc1C. The molecule has 1 fully saturated rings. The minimum Gasteiger partial charge on any atom is -0.478 e. The highest BCUT2D eigenvalue weighted by atomic mass is 35.5. The van der Waals surface area contributed by atoms with E-state index in [2.05, 4.69) is 15.0 Å². The first-order valence-electron chi connectivity index (χ1n) is 8.57. The average molecular weight is 443 g/mol. The zero-order chi connectivity index (χ0) is 20.7. The Morgan fingerprint density at radius 1 is 1.29 bits per heavy atom. The van der Waals surface area contributed by atoms with Gasteiger partial charge in [0, 0.05) is 10.8 Å². The number of ether oxygens (including phenoxy) is 2. The van der Waals surface area contributed by atoms with Crippen LogP contribution in [0.1, 0.15) is 47.1 Å². The monoisotopic (exact) mass is 442 g/mol.